The molecule has 2 fully saturated rings. The minimum atomic E-state index is -1.02. The van der Waals surface area contributed by atoms with E-state index in [0.717, 1.165) is 29.5 Å². The first-order valence-corrected chi connectivity index (χ1v) is 10.3. The van der Waals surface area contributed by atoms with Crippen LogP contribution >= 0.6 is 11.8 Å². The number of hydrogen-bond donors (Lipinski definition) is 2. The molecule has 7 nitrogen and oxygen atoms in total. The number of hydrogen-bond acceptors (Lipinski definition) is 5. The van der Waals surface area contributed by atoms with E-state index in [1.54, 1.807) is 0 Å². The third kappa shape index (κ3) is 2.99. The molecule has 28 heavy (non-hydrogen) atoms. The molecule has 0 spiro atoms. The molecular weight excluding hydrogens is 380 g/mol. The quantitative estimate of drug-likeness (QED) is 0.744. The highest BCUT2D eigenvalue weighted by Gasteiger charge is 2.64. The summed E-state index contributed by atoms with van der Waals surface area (Å²) in [6, 6.07) is 4.41. The van der Waals surface area contributed by atoms with Gasteiger partial charge in [0.2, 0.25) is 5.91 Å². The van der Waals surface area contributed by atoms with E-state index in [9.17, 15) is 19.5 Å². The van der Waals surface area contributed by atoms with Gasteiger partial charge in [0.05, 0.1) is 0 Å². The number of amides is 2. The van der Waals surface area contributed by atoms with Crippen LogP contribution in [0.1, 0.15) is 43.1 Å². The lowest BCUT2D eigenvalue weighted by Gasteiger charge is -2.43. The van der Waals surface area contributed by atoms with Gasteiger partial charge in [0.25, 0.3) is 5.91 Å². The second kappa shape index (κ2) is 6.77. The van der Waals surface area contributed by atoms with E-state index < -0.39 is 28.9 Å². The van der Waals surface area contributed by atoms with Gasteiger partial charge in [-0.3, -0.25) is 9.59 Å². The van der Waals surface area contributed by atoms with Gasteiger partial charge in [0.15, 0.2) is 6.10 Å². The molecule has 0 bridgehead atoms. The number of β-lactam (4-membered cyclic amide) rings is 1. The second-order valence-electron chi connectivity index (χ2n) is 8.14. The van der Waals surface area contributed by atoms with E-state index in [-0.39, 0.29) is 17.2 Å². The van der Waals surface area contributed by atoms with Gasteiger partial charge in [-0.2, -0.15) is 0 Å². The summed E-state index contributed by atoms with van der Waals surface area (Å²) < 4.78 is 5.21. The standard InChI is InChI=1S/C20H24N2O5S/c1-10-6-7-11-5-4-8-27-14(12(11)9-10)16(23)21-13-17(24)22-15(19(25)26)20(2,3)28-18(13)22/h6-7,9,13-15,18H,4-5,8H2,1-3H3,(H,21,23)(H,25,26)/t13-,14-,15+,18+/m0/s1. The Morgan fingerprint density at radius 2 is 2.11 bits per heavy atom. The predicted molar refractivity (Wildman–Crippen MR) is 104 cm³/mol. The van der Waals surface area contributed by atoms with Crippen LogP contribution in [0, 0.1) is 6.92 Å². The second-order valence-corrected chi connectivity index (χ2v) is 9.91. The summed E-state index contributed by atoms with van der Waals surface area (Å²) in [7, 11) is 0. The average Bonchev–Trinajstić information content (AvgIpc) is 2.75. The van der Waals surface area contributed by atoms with Crippen LogP contribution in [0.5, 0.6) is 0 Å². The van der Waals surface area contributed by atoms with Gasteiger partial charge in [-0.15, -0.1) is 11.8 Å². The van der Waals surface area contributed by atoms with Crippen LogP contribution in [-0.2, 0) is 25.5 Å². The Kier molecular flexibility index (Phi) is 4.66. The molecular formula is C20H24N2O5S. The number of carboxylic acids is 1. The average molecular weight is 404 g/mol. The normalized spacial score (nSPS) is 30.7. The van der Waals surface area contributed by atoms with Gasteiger partial charge in [-0.05, 0) is 44.7 Å². The lowest BCUT2D eigenvalue weighted by molar-refractivity contribution is -0.161. The summed E-state index contributed by atoms with van der Waals surface area (Å²) in [5, 5.41) is 12.0. The molecule has 3 aliphatic heterocycles. The number of nitrogens with zero attached hydrogens (tertiary/aromatic N) is 1. The Bertz CT molecular complexity index is 855. The number of thioether (sulfide) groups is 1. The fraction of sp³-hybridized carbons (Fsp3) is 0.550. The van der Waals surface area contributed by atoms with Crippen molar-refractivity contribution in [1.29, 1.82) is 0 Å². The zero-order valence-electron chi connectivity index (χ0n) is 16.1. The molecule has 3 aliphatic rings. The zero-order chi connectivity index (χ0) is 20.2. The number of benzene rings is 1. The summed E-state index contributed by atoms with van der Waals surface area (Å²) in [4.78, 5) is 38.6. The molecule has 2 N–H and O–H groups in total. The maximum Gasteiger partial charge on any atom is 0.327 e. The van der Waals surface area contributed by atoms with Crippen molar-refractivity contribution in [2.45, 2.75) is 61.9 Å². The molecule has 0 aliphatic carbocycles. The van der Waals surface area contributed by atoms with Gasteiger partial charge in [0.1, 0.15) is 17.5 Å². The highest BCUT2D eigenvalue weighted by molar-refractivity contribution is 8.01. The van der Waals surface area contributed by atoms with Crippen molar-refractivity contribution in [1.82, 2.24) is 10.2 Å². The zero-order valence-corrected chi connectivity index (χ0v) is 16.9. The van der Waals surface area contributed by atoms with Crippen molar-refractivity contribution in [3.63, 3.8) is 0 Å². The Hall–Kier alpha value is -2.06. The summed E-state index contributed by atoms with van der Waals surface area (Å²) >= 11 is 1.42. The molecule has 2 saturated heterocycles. The Morgan fingerprint density at radius 1 is 1.36 bits per heavy atom. The first-order valence-electron chi connectivity index (χ1n) is 9.45. The van der Waals surface area contributed by atoms with E-state index in [1.165, 1.54) is 16.7 Å². The molecule has 1 aromatic rings. The van der Waals surface area contributed by atoms with Crippen LogP contribution < -0.4 is 5.32 Å². The topological polar surface area (TPSA) is 95.9 Å². The first-order chi connectivity index (χ1) is 13.2. The molecule has 2 amide bonds. The molecule has 1 aromatic carbocycles. The van der Waals surface area contributed by atoms with Gasteiger partial charge in [0, 0.05) is 11.4 Å². The SMILES string of the molecule is Cc1ccc2c(c1)[C@@H](C(=O)N[C@H]1C(=O)N3[C@@H]1SC(C)(C)[C@H]3C(=O)O)OCCC2. The Balaban J connectivity index is 1.54. The van der Waals surface area contributed by atoms with Crippen LogP contribution in [0.15, 0.2) is 18.2 Å². The number of aryl methyl sites for hydroxylation is 2. The van der Waals surface area contributed by atoms with Crippen molar-refractivity contribution in [2.75, 3.05) is 6.61 Å². The maximum atomic E-state index is 13.0. The minimum absolute atomic E-state index is 0.344. The van der Waals surface area contributed by atoms with Crippen LogP contribution in [0.25, 0.3) is 0 Å². The van der Waals surface area contributed by atoms with Crippen LogP contribution in [0.2, 0.25) is 0 Å². The van der Waals surface area contributed by atoms with Crippen molar-refractivity contribution in [3.05, 3.63) is 34.9 Å². The number of aliphatic carboxylic acids is 1. The molecule has 4 rings (SSSR count). The number of rotatable bonds is 3. The van der Waals surface area contributed by atoms with E-state index in [4.69, 9.17) is 4.74 Å². The maximum absolute atomic E-state index is 13.0. The number of ether oxygens (including phenoxy) is 1. The van der Waals surface area contributed by atoms with Crippen LogP contribution in [0.3, 0.4) is 0 Å². The number of nitrogens with one attached hydrogen (secondary N) is 1. The first kappa shape index (κ1) is 19.3. The van der Waals surface area contributed by atoms with Crippen LogP contribution in [-0.4, -0.2) is 56.6 Å². The van der Waals surface area contributed by atoms with Crippen molar-refractivity contribution < 1.29 is 24.2 Å². The Labute approximate surface area is 167 Å². The molecule has 0 saturated carbocycles. The highest BCUT2D eigenvalue weighted by atomic mass is 32.2. The van der Waals surface area contributed by atoms with Crippen molar-refractivity contribution in [2.24, 2.45) is 0 Å². The molecule has 150 valence electrons. The molecule has 0 radical (unpaired) electrons. The van der Waals surface area contributed by atoms with E-state index >= 15 is 0 Å². The summed E-state index contributed by atoms with van der Waals surface area (Å²) in [5.41, 5.74) is 2.99. The summed E-state index contributed by atoms with van der Waals surface area (Å²) in [6.07, 6.45) is 0.930. The van der Waals surface area contributed by atoms with E-state index in [1.807, 2.05) is 39.0 Å². The van der Waals surface area contributed by atoms with E-state index in [0.29, 0.717) is 6.61 Å². The fourth-order valence-corrected chi connectivity index (χ4v) is 5.96. The summed E-state index contributed by atoms with van der Waals surface area (Å²) in [5.74, 6) is -1.71. The lowest BCUT2D eigenvalue weighted by Crippen LogP contribution is -2.71. The van der Waals surface area contributed by atoms with Crippen LogP contribution in [0.4, 0.5) is 0 Å². The van der Waals surface area contributed by atoms with Crippen molar-refractivity contribution >= 4 is 29.5 Å². The predicted octanol–water partition coefficient (Wildman–Crippen LogP) is 1.63. The molecule has 0 aromatic heterocycles. The number of fused-ring (bicyclic) bond motifs is 2. The number of carbonyl (C=O) groups is 3. The molecule has 4 atom stereocenters. The molecule has 8 heteroatoms. The Morgan fingerprint density at radius 3 is 2.82 bits per heavy atom. The fourth-order valence-electron chi connectivity index (χ4n) is 4.33. The van der Waals surface area contributed by atoms with Gasteiger partial charge in [-0.1, -0.05) is 23.8 Å². The molecule has 0 unspecified atom stereocenters. The third-order valence-corrected chi connectivity index (χ3v) is 7.24. The number of carboxylic acid groups (broad SMARTS) is 1. The van der Waals surface area contributed by atoms with Gasteiger partial charge >= 0.3 is 5.97 Å². The van der Waals surface area contributed by atoms with Crippen molar-refractivity contribution in [3.8, 4) is 0 Å². The lowest BCUT2D eigenvalue weighted by atomic mass is 9.95. The number of carbonyl (C=O) groups excluding carboxylic acids is 2. The smallest absolute Gasteiger partial charge is 0.327 e. The van der Waals surface area contributed by atoms with Gasteiger partial charge < -0.3 is 20.1 Å². The highest BCUT2D eigenvalue weighted by Crippen LogP contribution is 2.50. The summed E-state index contributed by atoms with van der Waals surface area (Å²) in [6.45, 7) is 6.07. The van der Waals surface area contributed by atoms with E-state index in [2.05, 4.69) is 5.32 Å². The third-order valence-electron chi connectivity index (χ3n) is 5.67. The largest absolute Gasteiger partial charge is 0.480 e. The minimum Gasteiger partial charge on any atom is -0.480 e. The van der Waals surface area contributed by atoms with Gasteiger partial charge in [-0.25, -0.2) is 4.79 Å². The monoisotopic (exact) mass is 404 g/mol. The molecule has 3 heterocycles.